The Morgan fingerprint density at radius 1 is 1.32 bits per heavy atom. The number of tetrazole rings is 1. The molecule has 1 atom stereocenters. The van der Waals surface area contributed by atoms with Crippen LogP contribution in [0.3, 0.4) is 0 Å². The topological polar surface area (TPSA) is 97.5 Å². The quantitative estimate of drug-likeness (QED) is 0.902. The number of aromatic amines is 1. The molecular formula is C14H18FN5OS. The normalized spacial score (nSPS) is 17.5. The molecule has 0 radical (unpaired) electrons. The Balaban J connectivity index is 2.21. The van der Waals surface area contributed by atoms with E-state index in [9.17, 15) is 8.60 Å². The molecule has 1 aliphatic carbocycles. The van der Waals surface area contributed by atoms with Crippen LogP contribution in [0.25, 0.3) is 11.4 Å². The number of nitrogens with one attached hydrogen (secondary N) is 1. The minimum Gasteiger partial charge on any atom is -0.248 e. The maximum atomic E-state index is 13.3. The first-order valence-electron chi connectivity index (χ1n) is 7.34. The molecule has 0 saturated heterocycles. The summed E-state index contributed by atoms with van der Waals surface area (Å²) in [6.07, 6.45) is 5.64. The molecule has 1 heterocycles. The van der Waals surface area contributed by atoms with Crippen molar-refractivity contribution in [1.82, 2.24) is 20.6 Å². The second kappa shape index (κ2) is 6.62. The van der Waals surface area contributed by atoms with Gasteiger partial charge in [0.05, 0.1) is 4.90 Å². The van der Waals surface area contributed by atoms with Gasteiger partial charge in [0.1, 0.15) is 17.7 Å². The van der Waals surface area contributed by atoms with Gasteiger partial charge in [-0.25, -0.2) is 13.7 Å². The van der Waals surface area contributed by atoms with Crippen molar-refractivity contribution >= 4 is 11.0 Å². The molecule has 0 amide bonds. The SMILES string of the molecule is NS(=O)c1c(CF)ccc(C2CCCCC2)c1-c1nn[nH]n1. The number of nitrogens with two attached hydrogens (primary N) is 1. The number of hydrogen-bond donors (Lipinski definition) is 2. The number of H-pyrrole nitrogens is 1. The van der Waals surface area contributed by atoms with E-state index >= 15 is 0 Å². The molecule has 0 bridgehead atoms. The molecule has 1 fully saturated rings. The summed E-state index contributed by atoms with van der Waals surface area (Å²) in [5.41, 5.74) is 1.89. The van der Waals surface area contributed by atoms with Gasteiger partial charge in [0.25, 0.3) is 0 Å². The van der Waals surface area contributed by atoms with Crippen LogP contribution >= 0.6 is 0 Å². The molecule has 1 unspecified atom stereocenters. The average Bonchev–Trinajstić information content (AvgIpc) is 3.08. The average molecular weight is 323 g/mol. The Kier molecular flexibility index (Phi) is 4.58. The lowest BCUT2D eigenvalue weighted by molar-refractivity contribution is 0.442. The van der Waals surface area contributed by atoms with Crippen LogP contribution in [0, 0.1) is 0 Å². The van der Waals surface area contributed by atoms with Gasteiger partial charge >= 0.3 is 0 Å². The number of alkyl halides is 1. The summed E-state index contributed by atoms with van der Waals surface area (Å²) in [6.45, 7) is -0.728. The van der Waals surface area contributed by atoms with Crippen molar-refractivity contribution in [2.75, 3.05) is 0 Å². The molecule has 0 spiro atoms. The van der Waals surface area contributed by atoms with Crippen molar-refractivity contribution in [3.05, 3.63) is 23.3 Å². The standard InChI is InChI=1S/C14H18FN5OS/c15-8-10-6-7-11(9-4-2-1-3-5-9)12(13(10)22(16)21)14-17-19-20-18-14/h6-7,9H,1-5,8,16H2,(H,17,18,19,20). The molecule has 3 N–H and O–H groups in total. The zero-order chi connectivity index (χ0) is 15.5. The number of rotatable bonds is 4. The van der Waals surface area contributed by atoms with Gasteiger partial charge in [0.2, 0.25) is 5.82 Å². The van der Waals surface area contributed by atoms with Crippen LogP contribution in [0.1, 0.15) is 49.1 Å². The summed E-state index contributed by atoms with van der Waals surface area (Å²) < 4.78 is 25.3. The number of hydrogen-bond acceptors (Lipinski definition) is 4. The van der Waals surface area contributed by atoms with Gasteiger partial charge in [-0.05, 0) is 29.5 Å². The molecule has 1 aromatic heterocycles. The van der Waals surface area contributed by atoms with Gasteiger partial charge in [-0.2, -0.15) is 5.21 Å². The van der Waals surface area contributed by atoms with Crippen LogP contribution in [0.4, 0.5) is 4.39 Å². The van der Waals surface area contributed by atoms with Crippen molar-refractivity contribution in [3.8, 4) is 11.4 Å². The second-order valence-corrected chi connectivity index (χ2v) is 6.52. The van der Waals surface area contributed by atoms with Crippen LogP contribution < -0.4 is 5.14 Å². The molecule has 3 rings (SSSR count). The third-order valence-electron chi connectivity index (χ3n) is 4.23. The second-order valence-electron chi connectivity index (χ2n) is 5.52. The maximum absolute atomic E-state index is 13.3. The van der Waals surface area contributed by atoms with E-state index in [1.165, 1.54) is 6.42 Å². The van der Waals surface area contributed by atoms with E-state index in [1.54, 1.807) is 6.07 Å². The smallest absolute Gasteiger partial charge is 0.206 e. The van der Waals surface area contributed by atoms with E-state index in [-0.39, 0.29) is 4.90 Å². The molecule has 0 aliphatic heterocycles. The zero-order valence-electron chi connectivity index (χ0n) is 12.1. The van der Waals surface area contributed by atoms with E-state index in [4.69, 9.17) is 5.14 Å². The van der Waals surface area contributed by atoms with Crippen LogP contribution in [0.5, 0.6) is 0 Å². The van der Waals surface area contributed by atoms with Gasteiger partial charge < -0.3 is 0 Å². The summed E-state index contributed by atoms with van der Waals surface area (Å²) in [5, 5.41) is 19.6. The largest absolute Gasteiger partial charge is 0.248 e. The fraction of sp³-hybridized carbons (Fsp3) is 0.500. The zero-order valence-corrected chi connectivity index (χ0v) is 12.9. The molecule has 1 aromatic carbocycles. The summed E-state index contributed by atoms with van der Waals surface area (Å²) >= 11 is 0. The predicted molar refractivity (Wildman–Crippen MR) is 80.8 cm³/mol. The molecule has 2 aromatic rings. The maximum Gasteiger partial charge on any atom is 0.206 e. The molecule has 8 heteroatoms. The first-order chi connectivity index (χ1) is 10.7. The van der Waals surface area contributed by atoms with Gasteiger partial charge in [0.15, 0.2) is 0 Å². The van der Waals surface area contributed by atoms with Crippen LogP contribution in [-0.4, -0.2) is 24.8 Å². The van der Waals surface area contributed by atoms with Crippen LogP contribution in [-0.2, 0) is 17.7 Å². The van der Waals surface area contributed by atoms with E-state index in [0.717, 1.165) is 31.2 Å². The Bertz CT molecular complexity index is 670. The van der Waals surface area contributed by atoms with E-state index < -0.39 is 17.7 Å². The van der Waals surface area contributed by atoms with Crippen LogP contribution in [0.15, 0.2) is 17.0 Å². The molecular weight excluding hydrogens is 305 g/mol. The lowest BCUT2D eigenvalue weighted by Crippen LogP contribution is -2.13. The van der Waals surface area contributed by atoms with Crippen LogP contribution in [0.2, 0.25) is 0 Å². The van der Waals surface area contributed by atoms with Crippen molar-refractivity contribution in [1.29, 1.82) is 0 Å². The van der Waals surface area contributed by atoms with Crippen molar-refractivity contribution in [2.24, 2.45) is 5.14 Å². The highest BCUT2D eigenvalue weighted by atomic mass is 32.2. The highest BCUT2D eigenvalue weighted by molar-refractivity contribution is 7.82. The first-order valence-corrected chi connectivity index (χ1v) is 8.55. The monoisotopic (exact) mass is 323 g/mol. The van der Waals surface area contributed by atoms with Crippen molar-refractivity contribution in [2.45, 2.75) is 49.6 Å². The van der Waals surface area contributed by atoms with Crippen molar-refractivity contribution in [3.63, 3.8) is 0 Å². The Morgan fingerprint density at radius 3 is 2.68 bits per heavy atom. The predicted octanol–water partition coefficient (Wildman–Crippen LogP) is 2.37. The Morgan fingerprint density at radius 2 is 2.09 bits per heavy atom. The van der Waals surface area contributed by atoms with E-state index in [0.29, 0.717) is 22.9 Å². The Hall–Kier alpha value is -1.67. The third kappa shape index (κ3) is 2.80. The van der Waals surface area contributed by atoms with Crippen molar-refractivity contribution < 1.29 is 8.60 Å². The summed E-state index contributed by atoms with van der Waals surface area (Å²) in [7, 11) is -1.81. The summed E-state index contributed by atoms with van der Waals surface area (Å²) in [5.74, 6) is 0.655. The molecule has 1 aliphatic rings. The van der Waals surface area contributed by atoms with Gasteiger partial charge in [-0.15, -0.1) is 10.2 Å². The first kappa shape index (κ1) is 15.2. The molecule has 6 nitrogen and oxygen atoms in total. The number of nitrogens with zero attached hydrogens (tertiary/aromatic N) is 3. The number of aromatic nitrogens is 4. The van der Waals surface area contributed by atoms with Gasteiger partial charge in [-0.1, -0.05) is 31.4 Å². The number of benzene rings is 1. The third-order valence-corrected chi connectivity index (χ3v) is 5.10. The van der Waals surface area contributed by atoms with E-state index in [2.05, 4.69) is 20.6 Å². The highest BCUT2D eigenvalue weighted by Crippen LogP contribution is 2.40. The highest BCUT2D eigenvalue weighted by Gasteiger charge is 2.26. The molecule has 118 valence electrons. The summed E-state index contributed by atoms with van der Waals surface area (Å²) in [4.78, 5) is 0.284. The van der Waals surface area contributed by atoms with Gasteiger partial charge in [-0.3, -0.25) is 0 Å². The van der Waals surface area contributed by atoms with Gasteiger partial charge in [0, 0.05) is 11.1 Å². The molecule has 22 heavy (non-hydrogen) atoms. The fourth-order valence-electron chi connectivity index (χ4n) is 3.23. The minimum absolute atomic E-state index is 0.284. The Labute approximate surface area is 130 Å². The molecule has 1 saturated carbocycles. The number of halogens is 1. The minimum atomic E-state index is -1.81. The van der Waals surface area contributed by atoms with E-state index in [1.807, 2.05) is 6.07 Å². The summed E-state index contributed by atoms with van der Waals surface area (Å²) in [6, 6.07) is 3.57. The fourth-order valence-corrected chi connectivity index (χ4v) is 4.02. The lowest BCUT2D eigenvalue weighted by Gasteiger charge is -2.25. The lowest BCUT2D eigenvalue weighted by atomic mass is 9.81.